The van der Waals surface area contributed by atoms with Gasteiger partial charge in [-0.15, -0.1) is 0 Å². The summed E-state index contributed by atoms with van der Waals surface area (Å²) in [6.07, 6.45) is 4.27. The Labute approximate surface area is 121 Å². The van der Waals surface area contributed by atoms with Crippen molar-refractivity contribution in [1.29, 1.82) is 0 Å². The summed E-state index contributed by atoms with van der Waals surface area (Å²) in [5, 5.41) is 18.2. The van der Waals surface area contributed by atoms with Gasteiger partial charge in [0.2, 0.25) is 0 Å². The van der Waals surface area contributed by atoms with E-state index in [0.717, 1.165) is 12.8 Å². The zero-order valence-corrected chi connectivity index (χ0v) is 12.8. The minimum atomic E-state index is -0.841. The summed E-state index contributed by atoms with van der Waals surface area (Å²) in [7, 11) is 0. The van der Waals surface area contributed by atoms with Gasteiger partial charge in [-0.1, -0.05) is 27.2 Å². The number of carboxylic acids is 2. The molecule has 1 rings (SSSR count). The zero-order valence-electron chi connectivity index (χ0n) is 12.8. The van der Waals surface area contributed by atoms with Crippen LogP contribution in [0, 0.1) is 29.6 Å². The van der Waals surface area contributed by atoms with Crippen LogP contribution in [0.3, 0.4) is 0 Å². The molecule has 0 heterocycles. The van der Waals surface area contributed by atoms with E-state index in [-0.39, 0.29) is 18.3 Å². The lowest BCUT2D eigenvalue weighted by atomic mass is 9.64. The molecule has 0 bridgehead atoms. The van der Waals surface area contributed by atoms with Gasteiger partial charge in [-0.25, -0.2) is 0 Å². The monoisotopic (exact) mass is 284 g/mol. The molecule has 1 aliphatic carbocycles. The Kier molecular flexibility index (Phi) is 6.50. The van der Waals surface area contributed by atoms with Crippen molar-refractivity contribution < 1.29 is 19.8 Å². The van der Waals surface area contributed by atoms with Crippen LogP contribution < -0.4 is 0 Å². The van der Waals surface area contributed by atoms with E-state index in [4.69, 9.17) is 5.11 Å². The fourth-order valence-electron chi connectivity index (χ4n) is 3.73. The van der Waals surface area contributed by atoms with E-state index >= 15 is 0 Å². The number of carbonyl (C=O) groups is 2. The first-order valence-electron chi connectivity index (χ1n) is 7.77. The highest BCUT2D eigenvalue weighted by molar-refractivity contribution is 5.71. The van der Waals surface area contributed by atoms with Crippen molar-refractivity contribution in [2.45, 2.75) is 59.3 Å². The normalized spacial score (nSPS) is 28.3. The molecular weight excluding hydrogens is 256 g/mol. The smallest absolute Gasteiger partial charge is 0.306 e. The summed E-state index contributed by atoms with van der Waals surface area (Å²) in [5.74, 6) is -0.247. The van der Waals surface area contributed by atoms with Crippen molar-refractivity contribution in [3.8, 4) is 0 Å². The van der Waals surface area contributed by atoms with Gasteiger partial charge in [-0.2, -0.15) is 0 Å². The topological polar surface area (TPSA) is 74.6 Å². The Bertz CT molecular complexity index is 337. The second kappa shape index (κ2) is 7.65. The SMILES string of the molecule is CC1CCC(C(C)C)C(C(CCCC(=O)O)C(=O)O)C1. The lowest BCUT2D eigenvalue weighted by molar-refractivity contribution is -0.147. The molecule has 116 valence electrons. The van der Waals surface area contributed by atoms with Crippen LogP contribution in [0.25, 0.3) is 0 Å². The lowest BCUT2D eigenvalue weighted by Crippen LogP contribution is -2.36. The molecule has 4 atom stereocenters. The van der Waals surface area contributed by atoms with E-state index in [1.54, 1.807) is 0 Å². The second-order valence-corrected chi connectivity index (χ2v) is 6.72. The highest BCUT2D eigenvalue weighted by Crippen LogP contribution is 2.43. The third-order valence-electron chi connectivity index (χ3n) is 4.81. The van der Waals surface area contributed by atoms with Gasteiger partial charge in [-0.05, 0) is 49.4 Å². The first kappa shape index (κ1) is 17.0. The van der Waals surface area contributed by atoms with Gasteiger partial charge in [0.15, 0.2) is 0 Å². The summed E-state index contributed by atoms with van der Waals surface area (Å²) in [6.45, 7) is 6.54. The van der Waals surface area contributed by atoms with Crippen molar-refractivity contribution in [2.24, 2.45) is 29.6 Å². The van der Waals surface area contributed by atoms with E-state index in [1.807, 2.05) is 0 Å². The molecule has 1 fully saturated rings. The Morgan fingerprint density at radius 2 is 1.80 bits per heavy atom. The molecule has 0 aromatic carbocycles. The van der Waals surface area contributed by atoms with Crippen molar-refractivity contribution in [3.05, 3.63) is 0 Å². The maximum atomic E-state index is 11.6. The Morgan fingerprint density at radius 1 is 1.15 bits per heavy atom. The molecule has 0 aliphatic heterocycles. The summed E-state index contributed by atoms with van der Waals surface area (Å²) < 4.78 is 0. The first-order chi connectivity index (χ1) is 9.32. The van der Waals surface area contributed by atoms with Gasteiger partial charge in [0.05, 0.1) is 5.92 Å². The predicted octanol–water partition coefficient (Wildman–Crippen LogP) is 3.65. The van der Waals surface area contributed by atoms with Crippen LogP contribution in [-0.2, 0) is 9.59 Å². The van der Waals surface area contributed by atoms with Crippen LogP contribution in [0.5, 0.6) is 0 Å². The van der Waals surface area contributed by atoms with E-state index in [9.17, 15) is 14.7 Å². The van der Waals surface area contributed by atoms with E-state index in [0.29, 0.717) is 30.6 Å². The molecule has 0 radical (unpaired) electrons. The molecule has 1 aliphatic rings. The average Bonchev–Trinajstić information content (AvgIpc) is 2.33. The Hall–Kier alpha value is -1.06. The Balaban J connectivity index is 2.74. The van der Waals surface area contributed by atoms with Crippen LogP contribution in [0.2, 0.25) is 0 Å². The summed E-state index contributed by atoms with van der Waals surface area (Å²) in [4.78, 5) is 22.2. The largest absolute Gasteiger partial charge is 0.481 e. The van der Waals surface area contributed by atoms with E-state index in [1.165, 1.54) is 6.42 Å². The van der Waals surface area contributed by atoms with Crippen molar-refractivity contribution in [1.82, 2.24) is 0 Å². The minimum absolute atomic E-state index is 0.0679. The summed E-state index contributed by atoms with van der Waals surface area (Å²) >= 11 is 0. The molecule has 0 saturated heterocycles. The number of aliphatic carboxylic acids is 2. The molecule has 4 heteroatoms. The predicted molar refractivity (Wildman–Crippen MR) is 77.4 cm³/mol. The highest BCUT2D eigenvalue weighted by Gasteiger charge is 2.38. The molecule has 0 amide bonds. The molecular formula is C16H28O4. The highest BCUT2D eigenvalue weighted by atomic mass is 16.4. The number of carboxylic acid groups (broad SMARTS) is 2. The fraction of sp³-hybridized carbons (Fsp3) is 0.875. The van der Waals surface area contributed by atoms with Crippen LogP contribution in [0.1, 0.15) is 59.3 Å². The summed E-state index contributed by atoms with van der Waals surface area (Å²) in [5.41, 5.74) is 0. The quantitative estimate of drug-likeness (QED) is 0.748. The van der Waals surface area contributed by atoms with Gasteiger partial charge in [0.25, 0.3) is 0 Å². The van der Waals surface area contributed by atoms with Crippen molar-refractivity contribution in [2.75, 3.05) is 0 Å². The minimum Gasteiger partial charge on any atom is -0.481 e. The van der Waals surface area contributed by atoms with Gasteiger partial charge in [-0.3, -0.25) is 9.59 Å². The number of hydrogen-bond acceptors (Lipinski definition) is 2. The maximum Gasteiger partial charge on any atom is 0.306 e. The van der Waals surface area contributed by atoms with Crippen LogP contribution in [0.15, 0.2) is 0 Å². The third-order valence-corrected chi connectivity index (χ3v) is 4.81. The standard InChI is InChI=1S/C16H28O4/c1-10(2)12-8-7-11(3)9-14(12)13(16(19)20)5-4-6-15(17)18/h10-14H,4-9H2,1-3H3,(H,17,18)(H,19,20). The lowest BCUT2D eigenvalue weighted by Gasteiger charge is -2.40. The molecule has 0 aromatic heterocycles. The zero-order chi connectivity index (χ0) is 15.3. The number of rotatable bonds is 7. The van der Waals surface area contributed by atoms with Crippen molar-refractivity contribution >= 4 is 11.9 Å². The van der Waals surface area contributed by atoms with Crippen molar-refractivity contribution in [3.63, 3.8) is 0 Å². The van der Waals surface area contributed by atoms with E-state index < -0.39 is 11.9 Å². The third kappa shape index (κ3) is 4.80. The van der Waals surface area contributed by atoms with Crippen LogP contribution in [0.4, 0.5) is 0 Å². The molecule has 20 heavy (non-hydrogen) atoms. The van der Waals surface area contributed by atoms with Crippen LogP contribution >= 0.6 is 0 Å². The molecule has 2 N–H and O–H groups in total. The van der Waals surface area contributed by atoms with Gasteiger partial charge in [0.1, 0.15) is 0 Å². The molecule has 0 spiro atoms. The van der Waals surface area contributed by atoms with Gasteiger partial charge < -0.3 is 10.2 Å². The Morgan fingerprint density at radius 3 is 2.30 bits per heavy atom. The number of hydrogen-bond donors (Lipinski definition) is 2. The van der Waals surface area contributed by atoms with E-state index in [2.05, 4.69) is 20.8 Å². The fourth-order valence-corrected chi connectivity index (χ4v) is 3.73. The molecule has 4 nitrogen and oxygen atoms in total. The van der Waals surface area contributed by atoms with Gasteiger partial charge in [0, 0.05) is 6.42 Å². The molecule has 4 unspecified atom stereocenters. The van der Waals surface area contributed by atoms with Crippen LogP contribution in [-0.4, -0.2) is 22.2 Å². The first-order valence-corrected chi connectivity index (χ1v) is 7.77. The maximum absolute atomic E-state index is 11.6. The van der Waals surface area contributed by atoms with Gasteiger partial charge >= 0.3 is 11.9 Å². The molecule has 0 aromatic rings. The second-order valence-electron chi connectivity index (χ2n) is 6.72. The summed E-state index contributed by atoms with van der Waals surface area (Å²) in [6, 6.07) is 0. The molecule has 1 saturated carbocycles. The average molecular weight is 284 g/mol.